The van der Waals surface area contributed by atoms with Gasteiger partial charge in [-0.2, -0.15) is 0 Å². The van der Waals surface area contributed by atoms with Crippen LogP contribution in [0.5, 0.6) is 0 Å². The molecule has 4 aliphatic carbocycles. The van der Waals surface area contributed by atoms with Gasteiger partial charge < -0.3 is 0 Å². The fourth-order valence-corrected chi connectivity index (χ4v) is 7.29. The third-order valence-electron chi connectivity index (χ3n) is 8.36. The van der Waals surface area contributed by atoms with Crippen molar-refractivity contribution in [3.05, 3.63) is 0 Å². The lowest BCUT2D eigenvalue weighted by Gasteiger charge is -2.60. The Morgan fingerprint density at radius 2 is 1.58 bits per heavy atom. The summed E-state index contributed by atoms with van der Waals surface area (Å²) in [6.07, 6.45) is 17.1. The zero-order chi connectivity index (χ0) is 13.1. The van der Waals surface area contributed by atoms with Crippen LogP contribution in [0.25, 0.3) is 0 Å². The fraction of sp³-hybridized carbons (Fsp3) is 1.00. The van der Waals surface area contributed by atoms with Crippen LogP contribution in [-0.2, 0) is 0 Å². The molecule has 0 N–H and O–H groups in total. The Morgan fingerprint density at radius 1 is 0.684 bits per heavy atom. The first-order chi connectivity index (χ1) is 9.13. The zero-order valence-corrected chi connectivity index (χ0v) is 13.1. The molecule has 4 rings (SSSR count). The molecule has 6 atom stereocenters. The second kappa shape index (κ2) is 4.25. The highest BCUT2D eigenvalue weighted by molar-refractivity contribution is 5.06. The summed E-state index contributed by atoms with van der Waals surface area (Å²) in [5, 5.41) is 0. The lowest BCUT2D eigenvalue weighted by atomic mass is 9.45. The molecule has 4 saturated carbocycles. The Kier molecular flexibility index (Phi) is 2.84. The molecule has 0 heteroatoms. The topological polar surface area (TPSA) is 0 Å². The smallest absolute Gasteiger partial charge is 0.0266 e. The van der Waals surface area contributed by atoms with Gasteiger partial charge in [-0.15, -0.1) is 0 Å². The minimum Gasteiger partial charge on any atom is -0.0594 e. The molecule has 0 bridgehead atoms. The first-order valence-corrected chi connectivity index (χ1v) is 9.13. The van der Waals surface area contributed by atoms with Crippen LogP contribution in [0.15, 0.2) is 0 Å². The summed E-state index contributed by atoms with van der Waals surface area (Å²) < 4.78 is 0. The molecule has 4 fully saturated rings. The van der Waals surface area contributed by atoms with E-state index in [0.717, 1.165) is 34.5 Å². The van der Waals surface area contributed by atoms with Gasteiger partial charge in [0.05, 0.1) is 0 Å². The minimum absolute atomic E-state index is 0.741. The highest BCUT2D eigenvalue weighted by atomic mass is 14.6. The average Bonchev–Trinajstić information content (AvgIpc) is 2.79. The highest BCUT2D eigenvalue weighted by Crippen LogP contribution is 2.66. The Morgan fingerprint density at radius 3 is 2.47 bits per heavy atom. The molecule has 108 valence electrons. The molecule has 0 aromatic heterocycles. The maximum absolute atomic E-state index is 2.70. The van der Waals surface area contributed by atoms with Crippen LogP contribution in [-0.4, -0.2) is 0 Å². The van der Waals surface area contributed by atoms with Gasteiger partial charge in [-0.05, 0) is 85.9 Å². The van der Waals surface area contributed by atoms with Crippen LogP contribution in [0.4, 0.5) is 0 Å². The van der Waals surface area contributed by atoms with E-state index in [-0.39, 0.29) is 0 Å². The molecule has 0 aliphatic heterocycles. The largest absolute Gasteiger partial charge is 0.0594 e. The van der Waals surface area contributed by atoms with Crippen LogP contribution in [0, 0.1) is 34.5 Å². The normalized spacial score (nSPS) is 57.2. The van der Waals surface area contributed by atoms with Gasteiger partial charge >= 0.3 is 0 Å². The van der Waals surface area contributed by atoms with Crippen molar-refractivity contribution < 1.29 is 0 Å². The molecular weight excluding hydrogens is 228 g/mol. The van der Waals surface area contributed by atoms with E-state index >= 15 is 0 Å². The Balaban J connectivity index is 1.64. The van der Waals surface area contributed by atoms with Gasteiger partial charge in [0.1, 0.15) is 0 Å². The van der Waals surface area contributed by atoms with Crippen LogP contribution in [0.1, 0.15) is 84.5 Å². The fourth-order valence-electron chi connectivity index (χ4n) is 7.29. The van der Waals surface area contributed by atoms with Crippen molar-refractivity contribution in [2.24, 2.45) is 34.5 Å². The van der Waals surface area contributed by atoms with Gasteiger partial charge in [-0.1, -0.05) is 33.1 Å². The van der Waals surface area contributed by atoms with Crippen LogP contribution >= 0.6 is 0 Å². The van der Waals surface area contributed by atoms with E-state index in [0.29, 0.717) is 0 Å². The predicted molar refractivity (Wildman–Crippen MR) is 81.0 cm³/mol. The third-order valence-corrected chi connectivity index (χ3v) is 8.36. The minimum atomic E-state index is 0.741. The molecule has 0 spiro atoms. The van der Waals surface area contributed by atoms with Crippen molar-refractivity contribution in [1.29, 1.82) is 0 Å². The molecule has 4 aliphatic rings. The highest BCUT2D eigenvalue weighted by Gasteiger charge is 2.56. The van der Waals surface area contributed by atoms with Gasteiger partial charge in [0, 0.05) is 0 Å². The molecule has 3 unspecified atom stereocenters. The van der Waals surface area contributed by atoms with Gasteiger partial charge in [-0.3, -0.25) is 0 Å². The predicted octanol–water partition coefficient (Wildman–Crippen LogP) is 5.81. The summed E-state index contributed by atoms with van der Waals surface area (Å²) in [6, 6.07) is 0. The van der Waals surface area contributed by atoms with Gasteiger partial charge in [0.15, 0.2) is 0 Å². The van der Waals surface area contributed by atoms with E-state index in [1.807, 2.05) is 0 Å². The van der Waals surface area contributed by atoms with Crippen molar-refractivity contribution in [1.82, 2.24) is 0 Å². The second-order valence-electron chi connectivity index (χ2n) is 8.99. The van der Waals surface area contributed by atoms with E-state index < -0.39 is 0 Å². The van der Waals surface area contributed by atoms with Crippen LogP contribution in [0.2, 0.25) is 0 Å². The third kappa shape index (κ3) is 1.70. The SMILES string of the molecule is C[C@@]12CCCC1[C@@H]1CCC3CCCC[C@]3(C)C1CC2. The average molecular weight is 260 g/mol. The summed E-state index contributed by atoms with van der Waals surface area (Å²) in [4.78, 5) is 0. The van der Waals surface area contributed by atoms with Crippen LogP contribution in [0.3, 0.4) is 0 Å². The van der Waals surface area contributed by atoms with E-state index in [4.69, 9.17) is 0 Å². The maximum Gasteiger partial charge on any atom is -0.0266 e. The van der Waals surface area contributed by atoms with E-state index in [1.165, 1.54) is 19.3 Å². The number of rotatable bonds is 0. The van der Waals surface area contributed by atoms with Crippen molar-refractivity contribution >= 4 is 0 Å². The summed E-state index contributed by atoms with van der Waals surface area (Å²) in [6.45, 7) is 5.33. The summed E-state index contributed by atoms with van der Waals surface area (Å²) in [5.74, 6) is 4.41. The monoisotopic (exact) mass is 260 g/mol. The summed E-state index contributed by atoms with van der Waals surface area (Å²) in [5.41, 5.74) is 1.49. The van der Waals surface area contributed by atoms with Crippen molar-refractivity contribution in [2.75, 3.05) is 0 Å². The number of hydrogen-bond donors (Lipinski definition) is 0. The van der Waals surface area contributed by atoms with Gasteiger partial charge in [-0.25, -0.2) is 0 Å². The standard InChI is InChI=1S/C19H32/c1-18-11-5-7-16(18)15-9-8-14-6-3-4-12-19(14,2)17(15)10-13-18/h14-17H,3-13H2,1-2H3/t14?,15-,16?,17?,18-,19-/m0/s1. The number of fused-ring (bicyclic) bond motifs is 5. The molecule has 0 aromatic carbocycles. The van der Waals surface area contributed by atoms with Crippen molar-refractivity contribution in [3.8, 4) is 0 Å². The van der Waals surface area contributed by atoms with Gasteiger partial charge in [0.2, 0.25) is 0 Å². The quantitative estimate of drug-likeness (QED) is 0.515. The summed E-state index contributed by atoms with van der Waals surface area (Å²) >= 11 is 0. The number of hydrogen-bond acceptors (Lipinski definition) is 0. The zero-order valence-electron chi connectivity index (χ0n) is 13.1. The van der Waals surface area contributed by atoms with Crippen molar-refractivity contribution in [3.63, 3.8) is 0 Å². The van der Waals surface area contributed by atoms with E-state index in [2.05, 4.69) is 13.8 Å². The Labute approximate surface area is 119 Å². The van der Waals surface area contributed by atoms with E-state index in [9.17, 15) is 0 Å². The second-order valence-corrected chi connectivity index (χ2v) is 8.99. The molecule has 0 heterocycles. The Bertz CT molecular complexity index is 359. The Hall–Kier alpha value is 0. The molecule has 0 aromatic rings. The van der Waals surface area contributed by atoms with Crippen LogP contribution < -0.4 is 0 Å². The molecule has 0 nitrogen and oxygen atoms in total. The lowest BCUT2D eigenvalue weighted by molar-refractivity contribution is -0.103. The first kappa shape index (κ1) is 12.7. The molecule has 19 heavy (non-hydrogen) atoms. The van der Waals surface area contributed by atoms with E-state index in [1.54, 1.807) is 51.4 Å². The van der Waals surface area contributed by atoms with Crippen molar-refractivity contribution in [2.45, 2.75) is 84.5 Å². The van der Waals surface area contributed by atoms with Gasteiger partial charge in [0.25, 0.3) is 0 Å². The summed E-state index contributed by atoms with van der Waals surface area (Å²) in [7, 11) is 0. The molecular formula is C19H32. The maximum atomic E-state index is 2.70. The molecule has 0 radical (unpaired) electrons. The first-order valence-electron chi connectivity index (χ1n) is 9.13. The molecule has 0 amide bonds. The lowest BCUT2D eigenvalue weighted by Crippen LogP contribution is -2.51. The molecule has 0 saturated heterocycles.